The van der Waals surface area contributed by atoms with Gasteiger partial charge in [0.2, 0.25) is 5.91 Å². The molecule has 0 radical (unpaired) electrons. The van der Waals surface area contributed by atoms with E-state index in [0.717, 1.165) is 11.1 Å². The predicted molar refractivity (Wildman–Crippen MR) is 124 cm³/mol. The Labute approximate surface area is 182 Å². The summed E-state index contributed by atoms with van der Waals surface area (Å²) in [6.07, 6.45) is 1.72. The van der Waals surface area contributed by atoms with Gasteiger partial charge in [0.05, 0.1) is 17.5 Å². The summed E-state index contributed by atoms with van der Waals surface area (Å²) < 4.78 is 1.52. The first-order chi connectivity index (χ1) is 14.6. The van der Waals surface area contributed by atoms with E-state index in [1.54, 1.807) is 6.20 Å². The van der Waals surface area contributed by atoms with E-state index in [4.69, 9.17) is 0 Å². The lowest BCUT2D eigenvalue weighted by Crippen LogP contribution is -2.28. The van der Waals surface area contributed by atoms with Gasteiger partial charge in [-0.25, -0.2) is 4.98 Å². The van der Waals surface area contributed by atoms with Crippen LogP contribution in [0.3, 0.4) is 0 Å². The summed E-state index contributed by atoms with van der Waals surface area (Å²) in [6.45, 7) is 1.98. The second-order valence-electron chi connectivity index (χ2n) is 6.91. The highest BCUT2D eigenvalue weighted by Gasteiger charge is 2.11. The van der Waals surface area contributed by atoms with Crippen LogP contribution in [0.1, 0.15) is 24.2 Å². The van der Waals surface area contributed by atoms with Crippen molar-refractivity contribution in [2.75, 3.05) is 5.75 Å². The number of fused-ring (bicyclic) bond motifs is 1. The molecule has 4 aromatic rings. The molecule has 1 amide bonds. The molecular weight excluding hydrogens is 414 g/mol. The van der Waals surface area contributed by atoms with Crippen LogP contribution in [0.25, 0.3) is 16.1 Å². The minimum absolute atomic E-state index is 0.0337. The van der Waals surface area contributed by atoms with E-state index in [2.05, 4.69) is 34.6 Å². The van der Waals surface area contributed by atoms with E-state index < -0.39 is 0 Å². The smallest absolute Gasteiger partial charge is 0.258 e. The van der Waals surface area contributed by atoms with Crippen LogP contribution >= 0.6 is 23.1 Å². The second-order valence-corrected chi connectivity index (χ2v) is 8.77. The summed E-state index contributed by atoms with van der Waals surface area (Å²) in [5.74, 6) is 0.809. The van der Waals surface area contributed by atoms with Crippen LogP contribution in [0, 0.1) is 0 Å². The van der Waals surface area contributed by atoms with Crippen LogP contribution in [0.4, 0.5) is 0 Å². The number of carbonyl (C=O) groups excluding carboxylic acids is 1. The van der Waals surface area contributed by atoms with Crippen molar-refractivity contribution in [3.8, 4) is 11.1 Å². The van der Waals surface area contributed by atoms with Crippen LogP contribution in [0.2, 0.25) is 0 Å². The highest BCUT2D eigenvalue weighted by molar-refractivity contribution is 7.99. The molecular formula is C23H21N3O2S2. The van der Waals surface area contributed by atoms with Gasteiger partial charge >= 0.3 is 0 Å². The topological polar surface area (TPSA) is 63.5 Å². The number of thiazole rings is 1. The first kappa shape index (κ1) is 20.4. The van der Waals surface area contributed by atoms with Crippen molar-refractivity contribution in [1.82, 2.24) is 14.7 Å². The van der Waals surface area contributed by atoms with Gasteiger partial charge in [0.1, 0.15) is 0 Å². The average Bonchev–Trinajstić information content (AvgIpc) is 3.24. The lowest BCUT2D eigenvalue weighted by atomic mass is 10.0. The maximum absolute atomic E-state index is 12.3. The van der Waals surface area contributed by atoms with Gasteiger partial charge in [-0.15, -0.1) is 23.1 Å². The lowest BCUT2D eigenvalue weighted by molar-refractivity contribution is -0.119. The second kappa shape index (κ2) is 9.28. The molecule has 2 aromatic heterocycles. The highest BCUT2D eigenvalue weighted by atomic mass is 32.2. The molecule has 0 aliphatic carbocycles. The Balaban J connectivity index is 1.29. The van der Waals surface area contributed by atoms with Gasteiger partial charge in [0.25, 0.3) is 5.56 Å². The van der Waals surface area contributed by atoms with Crippen molar-refractivity contribution in [3.63, 3.8) is 0 Å². The largest absolute Gasteiger partial charge is 0.349 e. The number of amides is 1. The summed E-state index contributed by atoms with van der Waals surface area (Å²) in [7, 11) is 0. The fourth-order valence-corrected chi connectivity index (χ4v) is 4.64. The SMILES string of the molecule is CC(NC(=O)CSCc1cc(=O)n2ccsc2n1)c1ccc(-c2ccccc2)cc1. The first-order valence-corrected chi connectivity index (χ1v) is 11.6. The molecule has 4 rings (SSSR count). The molecule has 1 atom stereocenters. The molecule has 0 saturated heterocycles. The average molecular weight is 436 g/mol. The van der Waals surface area contributed by atoms with Gasteiger partial charge in [0.15, 0.2) is 4.96 Å². The molecule has 2 heterocycles. The minimum Gasteiger partial charge on any atom is -0.349 e. The number of aromatic nitrogens is 2. The maximum Gasteiger partial charge on any atom is 0.258 e. The van der Waals surface area contributed by atoms with E-state index in [9.17, 15) is 9.59 Å². The van der Waals surface area contributed by atoms with Crippen LogP contribution in [-0.2, 0) is 10.5 Å². The zero-order valence-corrected chi connectivity index (χ0v) is 18.1. The molecule has 152 valence electrons. The van der Waals surface area contributed by atoms with Crippen molar-refractivity contribution in [2.45, 2.75) is 18.7 Å². The van der Waals surface area contributed by atoms with Crippen LogP contribution in [0.5, 0.6) is 0 Å². The van der Waals surface area contributed by atoms with E-state index in [0.29, 0.717) is 22.2 Å². The number of hydrogen-bond acceptors (Lipinski definition) is 5. The number of carbonyl (C=O) groups is 1. The molecule has 1 N–H and O–H groups in total. The van der Waals surface area contributed by atoms with Crippen molar-refractivity contribution < 1.29 is 4.79 Å². The minimum atomic E-state index is -0.0890. The summed E-state index contributed by atoms with van der Waals surface area (Å²) in [5.41, 5.74) is 4.00. The number of hydrogen-bond donors (Lipinski definition) is 1. The van der Waals surface area contributed by atoms with Crippen molar-refractivity contribution in [2.24, 2.45) is 0 Å². The molecule has 7 heteroatoms. The Morgan fingerprint density at radius 1 is 1.13 bits per heavy atom. The van der Waals surface area contributed by atoms with Gasteiger partial charge in [0, 0.05) is 23.4 Å². The van der Waals surface area contributed by atoms with Crippen molar-refractivity contribution in [1.29, 1.82) is 0 Å². The van der Waals surface area contributed by atoms with Gasteiger partial charge in [-0.1, -0.05) is 54.6 Å². The van der Waals surface area contributed by atoms with E-state index >= 15 is 0 Å². The van der Waals surface area contributed by atoms with Crippen LogP contribution in [-0.4, -0.2) is 21.0 Å². The predicted octanol–water partition coefficient (Wildman–Crippen LogP) is 4.53. The fraction of sp³-hybridized carbons (Fsp3) is 0.174. The Morgan fingerprint density at radius 3 is 2.63 bits per heavy atom. The Kier molecular flexibility index (Phi) is 6.30. The summed E-state index contributed by atoms with van der Waals surface area (Å²) in [5, 5.41) is 4.87. The summed E-state index contributed by atoms with van der Waals surface area (Å²) in [4.78, 5) is 29.5. The molecule has 2 aromatic carbocycles. The third kappa shape index (κ3) is 4.80. The zero-order chi connectivity index (χ0) is 20.9. The maximum atomic E-state index is 12.3. The van der Waals surface area contributed by atoms with Crippen LogP contribution in [0.15, 0.2) is 77.0 Å². The molecule has 0 bridgehead atoms. The number of benzene rings is 2. The fourth-order valence-electron chi connectivity index (χ4n) is 3.17. The molecule has 0 fully saturated rings. The van der Waals surface area contributed by atoms with Gasteiger partial charge in [-0.2, -0.15) is 0 Å². The number of rotatable bonds is 7. The summed E-state index contributed by atoms with van der Waals surface area (Å²) >= 11 is 2.88. The molecule has 5 nitrogen and oxygen atoms in total. The Bertz CT molecular complexity index is 1200. The third-order valence-electron chi connectivity index (χ3n) is 4.73. The molecule has 0 aliphatic rings. The molecule has 0 aliphatic heterocycles. The van der Waals surface area contributed by atoms with Gasteiger partial charge < -0.3 is 5.32 Å². The van der Waals surface area contributed by atoms with Crippen molar-refractivity contribution >= 4 is 34.0 Å². The number of thioether (sulfide) groups is 1. The standard InChI is InChI=1S/C23H21N3O2S2/c1-16(17-7-9-19(10-8-17)18-5-3-2-4-6-18)24-21(27)15-29-14-20-13-22(28)26-11-12-30-23(26)25-20/h2-13,16H,14-15H2,1H3,(H,24,27). The van der Waals surface area contributed by atoms with Crippen LogP contribution < -0.4 is 10.9 Å². The van der Waals surface area contributed by atoms with Crippen molar-refractivity contribution in [3.05, 3.63) is 93.9 Å². The van der Waals surface area contributed by atoms with E-state index in [1.807, 2.05) is 42.6 Å². The monoisotopic (exact) mass is 435 g/mol. The van der Waals surface area contributed by atoms with E-state index in [1.165, 1.54) is 39.1 Å². The normalized spacial score (nSPS) is 12.0. The molecule has 30 heavy (non-hydrogen) atoms. The first-order valence-electron chi connectivity index (χ1n) is 9.58. The zero-order valence-electron chi connectivity index (χ0n) is 16.4. The number of nitrogens with zero attached hydrogens (tertiary/aromatic N) is 2. The van der Waals surface area contributed by atoms with E-state index in [-0.39, 0.29) is 17.5 Å². The molecule has 1 unspecified atom stereocenters. The quantitative estimate of drug-likeness (QED) is 0.463. The number of nitrogens with one attached hydrogen (secondary N) is 1. The summed E-state index contributed by atoms with van der Waals surface area (Å²) in [6, 6.07) is 19.9. The third-order valence-corrected chi connectivity index (χ3v) is 6.46. The lowest BCUT2D eigenvalue weighted by Gasteiger charge is -2.15. The van der Waals surface area contributed by atoms with Gasteiger partial charge in [-0.3, -0.25) is 14.0 Å². The Hall–Kier alpha value is -2.90. The molecule has 0 spiro atoms. The van der Waals surface area contributed by atoms with Gasteiger partial charge in [-0.05, 0) is 23.6 Å². The highest BCUT2D eigenvalue weighted by Crippen LogP contribution is 2.22. The molecule has 0 saturated carbocycles. The Morgan fingerprint density at radius 2 is 1.87 bits per heavy atom.